The maximum atomic E-state index is 12.4. The first-order chi connectivity index (χ1) is 9.02. The summed E-state index contributed by atoms with van der Waals surface area (Å²) in [7, 11) is 0. The highest BCUT2D eigenvalue weighted by molar-refractivity contribution is 7.13. The van der Waals surface area contributed by atoms with E-state index >= 15 is 0 Å². The lowest BCUT2D eigenvalue weighted by Crippen LogP contribution is -2.56. The Morgan fingerprint density at radius 1 is 1.53 bits per heavy atom. The molecule has 4 nitrogen and oxygen atoms in total. The molecule has 2 rings (SSSR count). The normalized spacial score (nSPS) is 21.1. The van der Waals surface area contributed by atoms with E-state index in [1.54, 1.807) is 6.20 Å². The first-order valence-electron chi connectivity index (χ1n) is 7.00. The fourth-order valence-corrected chi connectivity index (χ4v) is 3.46. The number of nitrogens with zero attached hydrogens (tertiary/aromatic N) is 3. The fraction of sp³-hybridized carbons (Fsp3) is 0.714. The smallest absolute Gasteiger partial charge is 0.265 e. The number of aryl methyl sites for hydroxylation is 1. The van der Waals surface area contributed by atoms with Crippen LogP contribution in [0, 0.1) is 6.92 Å². The second-order valence-electron chi connectivity index (χ2n) is 5.39. The van der Waals surface area contributed by atoms with Gasteiger partial charge in [0.15, 0.2) is 0 Å². The lowest BCUT2D eigenvalue weighted by Gasteiger charge is -2.43. The van der Waals surface area contributed by atoms with Crippen LogP contribution in [0.5, 0.6) is 0 Å². The van der Waals surface area contributed by atoms with Crippen LogP contribution in [0.25, 0.3) is 0 Å². The predicted molar refractivity (Wildman–Crippen MR) is 78.7 cm³/mol. The van der Waals surface area contributed by atoms with Gasteiger partial charge >= 0.3 is 0 Å². The van der Waals surface area contributed by atoms with Crippen molar-refractivity contribution < 1.29 is 4.79 Å². The van der Waals surface area contributed by atoms with E-state index in [1.165, 1.54) is 11.3 Å². The summed E-state index contributed by atoms with van der Waals surface area (Å²) in [5.74, 6) is 0.146. The van der Waals surface area contributed by atoms with Gasteiger partial charge < -0.3 is 4.90 Å². The van der Waals surface area contributed by atoms with Gasteiger partial charge in [-0.05, 0) is 27.2 Å². The Labute approximate surface area is 119 Å². The lowest BCUT2D eigenvalue weighted by molar-refractivity contribution is 0.0375. The summed E-state index contributed by atoms with van der Waals surface area (Å²) in [6.45, 7) is 11.2. The van der Waals surface area contributed by atoms with Gasteiger partial charge in [0.2, 0.25) is 0 Å². The molecule has 1 aliphatic heterocycles. The topological polar surface area (TPSA) is 36.4 Å². The fourth-order valence-electron chi connectivity index (χ4n) is 2.71. The summed E-state index contributed by atoms with van der Waals surface area (Å²) >= 11 is 1.49. The highest BCUT2D eigenvalue weighted by atomic mass is 32.1. The van der Waals surface area contributed by atoms with E-state index in [9.17, 15) is 4.79 Å². The first kappa shape index (κ1) is 14.5. The summed E-state index contributed by atoms with van der Waals surface area (Å²) in [5.41, 5.74) is 0. The second kappa shape index (κ2) is 6.01. The monoisotopic (exact) mass is 281 g/mol. The number of hydrogen-bond donors (Lipinski definition) is 0. The molecule has 0 aliphatic carbocycles. The molecule has 2 heterocycles. The molecule has 1 aliphatic rings. The lowest BCUT2D eigenvalue weighted by atomic mass is 10.1. The summed E-state index contributed by atoms with van der Waals surface area (Å²) in [4.78, 5) is 21.9. The third-order valence-electron chi connectivity index (χ3n) is 3.78. The van der Waals surface area contributed by atoms with Gasteiger partial charge in [-0.2, -0.15) is 0 Å². The van der Waals surface area contributed by atoms with Crippen LogP contribution in [0.4, 0.5) is 0 Å². The van der Waals surface area contributed by atoms with Crippen LogP contribution < -0.4 is 0 Å². The van der Waals surface area contributed by atoms with Gasteiger partial charge in [-0.15, -0.1) is 11.3 Å². The Hall–Kier alpha value is -0.940. The average Bonchev–Trinajstić information content (AvgIpc) is 2.83. The molecule has 106 valence electrons. The van der Waals surface area contributed by atoms with Crippen LogP contribution in [-0.4, -0.2) is 52.4 Å². The molecule has 5 heteroatoms. The van der Waals surface area contributed by atoms with Crippen LogP contribution in [-0.2, 0) is 0 Å². The van der Waals surface area contributed by atoms with Gasteiger partial charge in [-0.25, -0.2) is 4.98 Å². The van der Waals surface area contributed by atoms with Gasteiger partial charge in [0.25, 0.3) is 5.91 Å². The molecule has 0 unspecified atom stereocenters. The molecule has 0 saturated carbocycles. The van der Waals surface area contributed by atoms with E-state index in [2.05, 4.69) is 30.7 Å². The van der Waals surface area contributed by atoms with Crippen molar-refractivity contribution in [3.63, 3.8) is 0 Å². The summed E-state index contributed by atoms with van der Waals surface area (Å²) < 4.78 is 0. The summed E-state index contributed by atoms with van der Waals surface area (Å²) in [6.07, 6.45) is 2.79. The quantitative estimate of drug-likeness (QED) is 0.853. The van der Waals surface area contributed by atoms with Crippen molar-refractivity contribution in [2.24, 2.45) is 0 Å². The SMILES string of the molecule is CC[C@@H]1CN(C(=O)c2cnc(C)s2)CCN1C(C)C. The molecule has 1 aromatic rings. The first-order valence-corrected chi connectivity index (χ1v) is 7.82. The van der Waals surface area contributed by atoms with Crippen molar-refractivity contribution in [1.82, 2.24) is 14.8 Å². The van der Waals surface area contributed by atoms with Gasteiger partial charge in [0.05, 0.1) is 11.2 Å². The van der Waals surface area contributed by atoms with Gasteiger partial charge in [-0.3, -0.25) is 9.69 Å². The minimum atomic E-state index is 0.146. The number of rotatable bonds is 3. The van der Waals surface area contributed by atoms with E-state index in [0.29, 0.717) is 12.1 Å². The summed E-state index contributed by atoms with van der Waals surface area (Å²) in [5, 5.41) is 0.955. The number of amides is 1. The van der Waals surface area contributed by atoms with Gasteiger partial charge in [0.1, 0.15) is 4.88 Å². The maximum absolute atomic E-state index is 12.4. The third kappa shape index (κ3) is 3.15. The molecule has 0 aromatic carbocycles. The van der Waals surface area contributed by atoms with Crippen LogP contribution in [0.1, 0.15) is 41.9 Å². The minimum absolute atomic E-state index is 0.146. The van der Waals surface area contributed by atoms with E-state index in [4.69, 9.17) is 0 Å². The standard InChI is InChI=1S/C14H23N3OS/c1-5-12-9-16(6-7-17(12)10(2)3)14(18)13-8-15-11(4)19-13/h8,10,12H,5-7,9H2,1-4H3/t12-/m1/s1. The molecular formula is C14H23N3OS. The third-order valence-corrected chi connectivity index (χ3v) is 4.68. The Bertz CT molecular complexity index is 444. The Kier molecular flexibility index (Phi) is 4.58. The van der Waals surface area contributed by atoms with Crippen molar-refractivity contribution >= 4 is 17.2 Å². The number of piperazine rings is 1. The van der Waals surface area contributed by atoms with E-state index < -0.39 is 0 Å². The van der Waals surface area contributed by atoms with Crippen LogP contribution >= 0.6 is 11.3 Å². The predicted octanol–water partition coefficient (Wildman–Crippen LogP) is 2.40. The molecule has 1 amide bonds. The molecule has 1 aromatic heterocycles. The second-order valence-corrected chi connectivity index (χ2v) is 6.62. The van der Waals surface area contributed by atoms with Gasteiger partial charge in [0, 0.05) is 31.7 Å². The molecule has 1 saturated heterocycles. The number of hydrogen-bond acceptors (Lipinski definition) is 4. The Morgan fingerprint density at radius 3 is 2.79 bits per heavy atom. The van der Waals surface area contributed by atoms with Crippen molar-refractivity contribution in [3.05, 3.63) is 16.1 Å². The minimum Gasteiger partial charge on any atom is -0.335 e. The largest absolute Gasteiger partial charge is 0.335 e. The Morgan fingerprint density at radius 2 is 2.26 bits per heavy atom. The molecule has 0 N–H and O–H groups in total. The molecule has 1 atom stereocenters. The molecule has 0 radical (unpaired) electrons. The van der Waals surface area contributed by atoms with Crippen molar-refractivity contribution in [1.29, 1.82) is 0 Å². The van der Waals surface area contributed by atoms with E-state index in [-0.39, 0.29) is 5.91 Å². The highest BCUT2D eigenvalue weighted by Crippen LogP contribution is 2.20. The number of carbonyl (C=O) groups excluding carboxylic acids is 1. The number of carbonyl (C=O) groups is 1. The molecule has 19 heavy (non-hydrogen) atoms. The zero-order chi connectivity index (χ0) is 14.0. The van der Waals surface area contributed by atoms with E-state index in [1.807, 2.05) is 11.8 Å². The van der Waals surface area contributed by atoms with Crippen molar-refractivity contribution in [2.45, 2.75) is 46.2 Å². The molecular weight excluding hydrogens is 258 g/mol. The van der Waals surface area contributed by atoms with Crippen molar-refractivity contribution in [2.75, 3.05) is 19.6 Å². The molecule has 0 spiro atoms. The van der Waals surface area contributed by atoms with Crippen LogP contribution in [0.3, 0.4) is 0 Å². The van der Waals surface area contributed by atoms with E-state index in [0.717, 1.165) is 35.9 Å². The van der Waals surface area contributed by atoms with Crippen molar-refractivity contribution in [3.8, 4) is 0 Å². The number of thiazole rings is 1. The Balaban J connectivity index is 2.05. The molecule has 1 fully saturated rings. The zero-order valence-corrected chi connectivity index (χ0v) is 13.0. The van der Waals surface area contributed by atoms with Crippen LogP contribution in [0.15, 0.2) is 6.20 Å². The zero-order valence-electron chi connectivity index (χ0n) is 12.2. The number of aromatic nitrogens is 1. The highest BCUT2D eigenvalue weighted by Gasteiger charge is 2.30. The maximum Gasteiger partial charge on any atom is 0.265 e. The van der Waals surface area contributed by atoms with Gasteiger partial charge in [-0.1, -0.05) is 6.92 Å². The summed E-state index contributed by atoms with van der Waals surface area (Å²) in [6, 6.07) is 1.03. The van der Waals surface area contributed by atoms with Crippen LogP contribution in [0.2, 0.25) is 0 Å². The average molecular weight is 281 g/mol. The molecule has 0 bridgehead atoms.